The first kappa shape index (κ1) is 20.8. The molecule has 0 bridgehead atoms. The fourth-order valence-electron chi connectivity index (χ4n) is 2.88. The van der Waals surface area contributed by atoms with Gasteiger partial charge < -0.3 is 19.5 Å². The number of carbonyl (C=O) groups excluding carboxylic acids is 2. The van der Waals surface area contributed by atoms with E-state index in [1.807, 2.05) is 0 Å². The lowest BCUT2D eigenvalue weighted by molar-refractivity contribution is -0.141. The van der Waals surface area contributed by atoms with Crippen molar-refractivity contribution in [2.24, 2.45) is 0 Å². The number of methoxy groups -OCH3 is 3. The molecular weight excluding hydrogens is 390 g/mol. The zero-order chi connectivity index (χ0) is 21.5. The maximum atomic E-state index is 12.9. The summed E-state index contributed by atoms with van der Waals surface area (Å²) < 4.78 is 16.8. The van der Waals surface area contributed by atoms with Crippen molar-refractivity contribution in [1.29, 1.82) is 0 Å². The Morgan fingerprint density at radius 3 is 2.53 bits per heavy atom. The first-order valence-corrected chi connectivity index (χ1v) is 8.98. The fourth-order valence-corrected chi connectivity index (χ4v) is 2.88. The van der Waals surface area contributed by atoms with Gasteiger partial charge in [0.1, 0.15) is 6.33 Å². The Balaban J connectivity index is 1.87. The summed E-state index contributed by atoms with van der Waals surface area (Å²) in [6, 6.07) is 11.3. The molecule has 0 aliphatic carbocycles. The highest BCUT2D eigenvalue weighted by Crippen LogP contribution is 2.31. The van der Waals surface area contributed by atoms with Crippen molar-refractivity contribution in [3.8, 4) is 17.2 Å². The standard InChI is InChI=1S/C20H21N5O5/c1-28-17-8-7-13(10-18(17)29-2)16(11-19(26)30-3)22-20(27)14-5-4-6-15(9-14)25-12-21-23-24-25/h4-10,12,16H,11H2,1-3H3,(H,22,27). The molecule has 0 aliphatic heterocycles. The van der Waals surface area contributed by atoms with Crippen LogP contribution in [-0.2, 0) is 9.53 Å². The smallest absolute Gasteiger partial charge is 0.307 e. The maximum absolute atomic E-state index is 12.9. The molecule has 3 rings (SSSR count). The molecule has 10 heteroatoms. The highest BCUT2D eigenvalue weighted by Gasteiger charge is 2.21. The molecule has 156 valence electrons. The van der Waals surface area contributed by atoms with Gasteiger partial charge in [-0.15, -0.1) is 5.10 Å². The molecule has 0 aliphatic rings. The van der Waals surface area contributed by atoms with Gasteiger partial charge in [0.15, 0.2) is 11.5 Å². The van der Waals surface area contributed by atoms with Gasteiger partial charge in [-0.3, -0.25) is 9.59 Å². The van der Waals surface area contributed by atoms with Crippen LogP contribution < -0.4 is 14.8 Å². The van der Waals surface area contributed by atoms with E-state index in [1.54, 1.807) is 42.5 Å². The molecule has 1 N–H and O–H groups in total. The lowest BCUT2D eigenvalue weighted by atomic mass is 10.0. The summed E-state index contributed by atoms with van der Waals surface area (Å²) in [7, 11) is 4.34. The molecule has 1 heterocycles. The number of tetrazole rings is 1. The molecule has 0 spiro atoms. The number of esters is 1. The minimum Gasteiger partial charge on any atom is -0.493 e. The van der Waals surface area contributed by atoms with Gasteiger partial charge in [-0.1, -0.05) is 12.1 Å². The molecule has 1 aromatic heterocycles. The number of ether oxygens (including phenoxy) is 3. The lowest BCUT2D eigenvalue weighted by Gasteiger charge is -2.20. The normalized spacial score (nSPS) is 11.4. The average Bonchev–Trinajstić information content (AvgIpc) is 3.33. The third-order valence-corrected chi connectivity index (χ3v) is 4.44. The van der Waals surface area contributed by atoms with Crippen LogP contribution in [0.4, 0.5) is 0 Å². The second kappa shape index (κ2) is 9.50. The van der Waals surface area contributed by atoms with E-state index in [-0.39, 0.29) is 12.3 Å². The average molecular weight is 411 g/mol. The van der Waals surface area contributed by atoms with Gasteiger partial charge in [-0.2, -0.15) is 0 Å². The molecule has 0 saturated heterocycles. The number of benzene rings is 2. The third kappa shape index (κ3) is 4.72. The van der Waals surface area contributed by atoms with Gasteiger partial charge in [0, 0.05) is 5.56 Å². The van der Waals surface area contributed by atoms with Crippen molar-refractivity contribution in [3.63, 3.8) is 0 Å². The van der Waals surface area contributed by atoms with Crippen LogP contribution in [0.25, 0.3) is 5.69 Å². The Hall–Kier alpha value is -3.95. The van der Waals surface area contributed by atoms with E-state index in [1.165, 1.54) is 32.3 Å². The number of nitrogens with one attached hydrogen (secondary N) is 1. The molecule has 1 amide bonds. The maximum Gasteiger partial charge on any atom is 0.307 e. The number of hydrogen-bond donors (Lipinski definition) is 1. The fraction of sp³-hybridized carbons (Fsp3) is 0.250. The van der Waals surface area contributed by atoms with E-state index >= 15 is 0 Å². The van der Waals surface area contributed by atoms with Crippen LogP contribution in [0, 0.1) is 0 Å². The Bertz CT molecular complexity index is 1020. The van der Waals surface area contributed by atoms with E-state index in [0.717, 1.165) is 0 Å². The van der Waals surface area contributed by atoms with Gasteiger partial charge in [-0.05, 0) is 46.3 Å². The van der Waals surface area contributed by atoms with Crippen LogP contribution in [0.1, 0.15) is 28.4 Å². The number of aromatic nitrogens is 4. The summed E-state index contributed by atoms with van der Waals surface area (Å²) in [4.78, 5) is 24.9. The Morgan fingerprint density at radius 1 is 1.07 bits per heavy atom. The predicted octanol–water partition coefficient (Wildman–Crippen LogP) is 1.71. The van der Waals surface area contributed by atoms with Gasteiger partial charge in [0.2, 0.25) is 0 Å². The molecule has 0 fully saturated rings. The summed E-state index contributed by atoms with van der Waals surface area (Å²) in [6.07, 6.45) is 1.38. The first-order chi connectivity index (χ1) is 14.5. The van der Waals surface area contributed by atoms with Crippen LogP contribution in [0.5, 0.6) is 11.5 Å². The molecule has 2 aromatic carbocycles. The third-order valence-electron chi connectivity index (χ3n) is 4.44. The van der Waals surface area contributed by atoms with Crippen molar-refractivity contribution in [2.45, 2.75) is 12.5 Å². The van der Waals surface area contributed by atoms with E-state index in [9.17, 15) is 9.59 Å². The van der Waals surface area contributed by atoms with Crippen LogP contribution >= 0.6 is 0 Å². The summed E-state index contributed by atoms with van der Waals surface area (Å²) in [5.41, 5.74) is 1.68. The van der Waals surface area contributed by atoms with Crippen LogP contribution in [0.15, 0.2) is 48.8 Å². The van der Waals surface area contributed by atoms with E-state index in [2.05, 4.69) is 20.8 Å². The van der Waals surface area contributed by atoms with Gasteiger partial charge >= 0.3 is 5.97 Å². The van der Waals surface area contributed by atoms with Crippen molar-refractivity contribution in [1.82, 2.24) is 25.5 Å². The second-order valence-corrected chi connectivity index (χ2v) is 6.23. The minimum absolute atomic E-state index is 0.0512. The van der Waals surface area contributed by atoms with Crippen LogP contribution in [0.3, 0.4) is 0 Å². The highest BCUT2D eigenvalue weighted by molar-refractivity contribution is 5.95. The van der Waals surface area contributed by atoms with Crippen LogP contribution in [0.2, 0.25) is 0 Å². The molecule has 3 aromatic rings. The topological polar surface area (TPSA) is 117 Å². The number of nitrogens with zero attached hydrogens (tertiary/aromatic N) is 4. The van der Waals surface area contributed by atoms with Crippen molar-refractivity contribution >= 4 is 11.9 Å². The summed E-state index contributed by atoms with van der Waals surface area (Å²) >= 11 is 0. The van der Waals surface area contributed by atoms with E-state index in [4.69, 9.17) is 14.2 Å². The summed E-state index contributed by atoms with van der Waals surface area (Å²) in [5, 5.41) is 13.9. The SMILES string of the molecule is COC(=O)CC(NC(=O)c1cccc(-n2cnnn2)c1)c1ccc(OC)c(OC)c1. The number of amides is 1. The van der Waals surface area contributed by atoms with E-state index in [0.29, 0.717) is 28.3 Å². The second-order valence-electron chi connectivity index (χ2n) is 6.23. The molecule has 10 nitrogen and oxygen atoms in total. The number of carbonyl (C=O) groups is 2. The van der Waals surface area contributed by atoms with Crippen molar-refractivity contribution in [2.75, 3.05) is 21.3 Å². The number of rotatable bonds is 8. The molecule has 0 saturated carbocycles. The van der Waals surface area contributed by atoms with Crippen molar-refractivity contribution in [3.05, 3.63) is 59.9 Å². The van der Waals surface area contributed by atoms with Crippen molar-refractivity contribution < 1.29 is 23.8 Å². The molecular formula is C20H21N5O5. The number of hydrogen-bond acceptors (Lipinski definition) is 8. The molecule has 1 unspecified atom stereocenters. The molecule has 1 atom stereocenters. The summed E-state index contributed by atoms with van der Waals surface area (Å²) in [6.45, 7) is 0. The van der Waals surface area contributed by atoms with Gasteiger partial charge in [-0.25, -0.2) is 4.68 Å². The Morgan fingerprint density at radius 2 is 1.87 bits per heavy atom. The Kier molecular flexibility index (Phi) is 6.58. The quantitative estimate of drug-likeness (QED) is 0.557. The monoisotopic (exact) mass is 411 g/mol. The summed E-state index contributed by atoms with van der Waals surface area (Å²) in [5.74, 6) is 0.199. The molecule has 0 radical (unpaired) electrons. The zero-order valence-corrected chi connectivity index (χ0v) is 16.7. The zero-order valence-electron chi connectivity index (χ0n) is 16.7. The van der Waals surface area contributed by atoms with Gasteiger partial charge in [0.25, 0.3) is 5.91 Å². The van der Waals surface area contributed by atoms with Gasteiger partial charge in [0.05, 0.1) is 39.5 Å². The predicted molar refractivity (Wildman–Crippen MR) is 106 cm³/mol. The minimum atomic E-state index is -0.638. The lowest BCUT2D eigenvalue weighted by Crippen LogP contribution is -2.30. The van der Waals surface area contributed by atoms with Crippen LogP contribution in [-0.4, -0.2) is 53.4 Å². The largest absolute Gasteiger partial charge is 0.493 e. The first-order valence-electron chi connectivity index (χ1n) is 8.98. The molecule has 30 heavy (non-hydrogen) atoms. The highest BCUT2D eigenvalue weighted by atomic mass is 16.5. The van der Waals surface area contributed by atoms with E-state index < -0.39 is 12.0 Å². The Labute approximate surface area is 172 Å².